The predicted molar refractivity (Wildman–Crippen MR) is 69.5 cm³/mol. The molecule has 0 aliphatic heterocycles. The molecule has 0 radical (unpaired) electrons. The first-order chi connectivity index (χ1) is 8.29. The van der Waals surface area contributed by atoms with E-state index >= 15 is 0 Å². The Labute approximate surface area is 109 Å². The number of carboxylic acids is 1. The Balaban J connectivity index is 2.33. The molecular formula is C13H24N2O3. The number of nitrogens with zero attached hydrogens (tertiary/aromatic N) is 1. The van der Waals surface area contributed by atoms with Gasteiger partial charge in [0.05, 0.1) is 6.42 Å². The lowest BCUT2D eigenvalue weighted by atomic mass is 9.92. The minimum absolute atomic E-state index is 0.0171. The number of aliphatic carboxylic acids is 1. The third-order valence-electron chi connectivity index (χ3n) is 2.97. The number of amides is 2. The maximum atomic E-state index is 11.9. The Morgan fingerprint density at radius 1 is 1.33 bits per heavy atom. The number of urea groups is 1. The molecule has 1 fully saturated rings. The van der Waals surface area contributed by atoms with Crippen LogP contribution in [0.4, 0.5) is 4.79 Å². The van der Waals surface area contributed by atoms with Crippen molar-refractivity contribution in [1.82, 2.24) is 10.2 Å². The average Bonchev–Trinajstić information content (AvgIpc) is 2.99. The lowest BCUT2D eigenvalue weighted by molar-refractivity contribution is -0.137. The minimum Gasteiger partial charge on any atom is -0.481 e. The summed E-state index contributed by atoms with van der Waals surface area (Å²) in [5.74, 6) is -0.858. The summed E-state index contributed by atoms with van der Waals surface area (Å²) in [5.41, 5.74) is 0.193. The Morgan fingerprint density at radius 3 is 2.39 bits per heavy atom. The maximum absolute atomic E-state index is 11.9. The molecule has 2 amide bonds. The fraction of sp³-hybridized carbons (Fsp3) is 0.846. The fourth-order valence-electron chi connectivity index (χ4n) is 1.70. The van der Waals surface area contributed by atoms with E-state index in [9.17, 15) is 9.59 Å². The molecule has 0 saturated heterocycles. The number of carbonyl (C=O) groups is 2. The first-order valence-corrected chi connectivity index (χ1v) is 6.56. The van der Waals surface area contributed by atoms with Crippen molar-refractivity contribution < 1.29 is 14.7 Å². The summed E-state index contributed by atoms with van der Waals surface area (Å²) in [5, 5.41) is 11.5. The second-order valence-corrected chi connectivity index (χ2v) is 6.11. The summed E-state index contributed by atoms with van der Waals surface area (Å²) in [6, 6.07) is 0.127. The van der Waals surface area contributed by atoms with Crippen molar-refractivity contribution in [3.63, 3.8) is 0 Å². The molecule has 0 aromatic heterocycles. The van der Waals surface area contributed by atoms with Crippen LogP contribution in [0.15, 0.2) is 0 Å². The lowest BCUT2D eigenvalue weighted by Gasteiger charge is -2.24. The Bertz CT molecular complexity index is 306. The van der Waals surface area contributed by atoms with E-state index in [1.54, 1.807) is 4.90 Å². The number of nitrogens with one attached hydrogen (secondary N) is 1. The van der Waals surface area contributed by atoms with Crippen LogP contribution in [0.25, 0.3) is 0 Å². The van der Waals surface area contributed by atoms with Gasteiger partial charge in [-0.3, -0.25) is 4.79 Å². The highest BCUT2D eigenvalue weighted by Gasteiger charge is 2.32. The van der Waals surface area contributed by atoms with Gasteiger partial charge in [-0.15, -0.1) is 0 Å². The van der Waals surface area contributed by atoms with Crippen LogP contribution in [0.1, 0.15) is 46.5 Å². The van der Waals surface area contributed by atoms with Gasteiger partial charge in [-0.1, -0.05) is 20.8 Å². The van der Waals surface area contributed by atoms with Crippen LogP contribution in [0.5, 0.6) is 0 Å². The molecule has 1 saturated carbocycles. The van der Waals surface area contributed by atoms with Crippen molar-refractivity contribution in [2.24, 2.45) is 5.41 Å². The third-order valence-corrected chi connectivity index (χ3v) is 2.97. The molecule has 1 aliphatic rings. The molecule has 5 heteroatoms. The van der Waals surface area contributed by atoms with E-state index in [-0.39, 0.29) is 23.9 Å². The van der Waals surface area contributed by atoms with Crippen LogP contribution in [-0.4, -0.2) is 41.1 Å². The number of hydrogen-bond donors (Lipinski definition) is 2. The maximum Gasteiger partial charge on any atom is 0.317 e. The third kappa shape index (κ3) is 5.89. The van der Waals surface area contributed by atoms with Crippen molar-refractivity contribution >= 4 is 12.0 Å². The minimum atomic E-state index is -0.858. The van der Waals surface area contributed by atoms with E-state index < -0.39 is 5.97 Å². The van der Waals surface area contributed by atoms with Crippen LogP contribution in [-0.2, 0) is 4.79 Å². The largest absolute Gasteiger partial charge is 0.481 e. The van der Waals surface area contributed by atoms with Gasteiger partial charge < -0.3 is 15.3 Å². The van der Waals surface area contributed by atoms with E-state index in [1.807, 2.05) is 0 Å². The predicted octanol–water partition coefficient (Wildman–Crippen LogP) is 2.07. The summed E-state index contributed by atoms with van der Waals surface area (Å²) in [4.78, 5) is 24.2. The molecule has 1 rings (SSSR count). The number of carboxylic acid groups (broad SMARTS) is 1. The van der Waals surface area contributed by atoms with Crippen LogP contribution in [0, 0.1) is 5.41 Å². The average molecular weight is 256 g/mol. The summed E-state index contributed by atoms with van der Waals surface area (Å²) in [7, 11) is 0. The number of hydrogen-bond acceptors (Lipinski definition) is 2. The van der Waals surface area contributed by atoms with Gasteiger partial charge in [0.1, 0.15) is 0 Å². The molecule has 0 atom stereocenters. The SMILES string of the molecule is CC(C)(C)CCNC(=O)N(CCC(=O)O)C1CC1. The molecule has 2 N–H and O–H groups in total. The summed E-state index contributed by atoms with van der Waals surface area (Å²) < 4.78 is 0. The Hall–Kier alpha value is -1.26. The molecular weight excluding hydrogens is 232 g/mol. The molecule has 0 bridgehead atoms. The van der Waals surface area contributed by atoms with Gasteiger partial charge in [0.15, 0.2) is 0 Å². The van der Waals surface area contributed by atoms with Gasteiger partial charge in [-0.25, -0.2) is 4.79 Å². The quantitative estimate of drug-likeness (QED) is 0.764. The van der Waals surface area contributed by atoms with E-state index in [2.05, 4.69) is 26.1 Å². The molecule has 18 heavy (non-hydrogen) atoms. The Kier molecular flexibility index (Phi) is 4.99. The number of carbonyl (C=O) groups excluding carboxylic acids is 1. The van der Waals surface area contributed by atoms with E-state index in [0.717, 1.165) is 19.3 Å². The standard InChI is InChI=1S/C13H24N2O3/c1-13(2,3)7-8-14-12(18)15(10-4-5-10)9-6-11(16)17/h10H,4-9H2,1-3H3,(H,14,18)(H,16,17). The van der Waals surface area contributed by atoms with Gasteiger partial charge >= 0.3 is 12.0 Å². The van der Waals surface area contributed by atoms with Crippen LogP contribution >= 0.6 is 0 Å². The zero-order chi connectivity index (χ0) is 13.8. The van der Waals surface area contributed by atoms with Crippen molar-refractivity contribution in [1.29, 1.82) is 0 Å². The molecule has 0 heterocycles. The summed E-state index contributed by atoms with van der Waals surface area (Å²) in [6.45, 7) is 7.33. The first-order valence-electron chi connectivity index (χ1n) is 6.56. The highest BCUT2D eigenvalue weighted by Crippen LogP contribution is 2.27. The van der Waals surface area contributed by atoms with Crippen molar-refractivity contribution in [3.8, 4) is 0 Å². The van der Waals surface area contributed by atoms with Crippen LogP contribution < -0.4 is 5.32 Å². The van der Waals surface area contributed by atoms with Gasteiger partial charge in [0.2, 0.25) is 0 Å². The van der Waals surface area contributed by atoms with Gasteiger partial charge in [0, 0.05) is 19.1 Å². The van der Waals surface area contributed by atoms with E-state index in [1.165, 1.54) is 0 Å². The van der Waals surface area contributed by atoms with Crippen molar-refractivity contribution in [2.45, 2.75) is 52.5 Å². The highest BCUT2D eigenvalue weighted by molar-refractivity contribution is 5.76. The molecule has 0 spiro atoms. The molecule has 0 unspecified atom stereocenters. The van der Waals surface area contributed by atoms with Crippen LogP contribution in [0.3, 0.4) is 0 Å². The number of rotatable bonds is 6. The van der Waals surface area contributed by atoms with E-state index in [0.29, 0.717) is 13.1 Å². The van der Waals surface area contributed by atoms with Gasteiger partial charge in [0.25, 0.3) is 0 Å². The zero-order valence-electron chi connectivity index (χ0n) is 11.5. The van der Waals surface area contributed by atoms with Crippen molar-refractivity contribution in [3.05, 3.63) is 0 Å². The summed E-state index contributed by atoms with van der Waals surface area (Å²) in [6.07, 6.45) is 2.91. The normalized spacial score (nSPS) is 15.3. The molecule has 104 valence electrons. The Morgan fingerprint density at radius 2 is 1.94 bits per heavy atom. The highest BCUT2D eigenvalue weighted by atomic mass is 16.4. The van der Waals surface area contributed by atoms with Crippen LogP contribution in [0.2, 0.25) is 0 Å². The summed E-state index contributed by atoms with van der Waals surface area (Å²) >= 11 is 0. The molecule has 0 aromatic rings. The monoisotopic (exact) mass is 256 g/mol. The molecule has 0 aromatic carbocycles. The second kappa shape index (κ2) is 6.07. The second-order valence-electron chi connectivity index (χ2n) is 6.11. The van der Waals surface area contributed by atoms with Crippen molar-refractivity contribution in [2.75, 3.05) is 13.1 Å². The zero-order valence-corrected chi connectivity index (χ0v) is 11.5. The molecule has 1 aliphatic carbocycles. The van der Waals surface area contributed by atoms with Gasteiger partial charge in [-0.05, 0) is 24.7 Å². The molecule has 5 nitrogen and oxygen atoms in total. The smallest absolute Gasteiger partial charge is 0.317 e. The topological polar surface area (TPSA) is 69.6 Å². The first kappa shape index (κ1) is 14.8. The van der Waals surface area contributed by atoms with Gasteiger partial charge in [-0.2, -0.15) is 0 Å². The van der Waals surface area contributed by atoms with E-state index in [4.69, 9.17) is 5.11 Å². The fourth-order valence-corrected chi connectivity index (χ4v) is 1.70. The lowest BCUT2D eigenvalue weighted by Crippen LogP contribution is -2.43.